The quantitative estimate of drug-likeness (QED) is 0.868. The van der Waals surface area contributed by atoms with Crippen LogP contribution in [0.3, 0.4) is 0 Å². The Balaban J connectivity index is 1.97. The lowest BCUT2D eigenvalue weighted by atomic mass is 9.99. The highest BCUT2D eigenvalue weighted by atomic mass is 16.5. The molecule has 1 aliphatic heterocycles. The lowest BCUT2D eigenvalue weighted by Gasteiger charge is -2.31. The molecule has 0 bridgehead atoms. The molecule has 1 aromatic carbocycles. The number of piperidine rings is 1. The van der Waals surface area contributed by atoms with E-state index in [9.17, 15) is 9.59 Å². The number of amides is 2. The van der Waals surface area contributed by atoms with Gasteiger partial charge in [0.25, 0.3) is 0 Å². The molecule has 126 valence electrons. The number of anilines is 1. The van der Waals surface area contributed by atoms with Gasteiger partial charge in [-0.15, -0.1) is 0 Å². The highest BCUT2D eigenvalue weighted by Crippen LogP contribution is 2.20. The molecule has 1 aliphatic rings. The summed E-state index contributed by atoms with van der Waals surface area (Å²) in [6.45, 7) is 6.04. The third-order valence-electron chi connectivity index (χ3n) is 4.21. The number of likely N-dealkylation sites (tertiary alicyclic amines) is 1. The molecule has 0 radical (unpaired) electrons. The Morgan fingerprint density at radius 2 is 2.17 bits per heavy atom. The summed E-state index contributed by atoms with van der Waals surface area (Å²) >= 11 is 0. The molecule has 23 heavy (non-hydrogen) atoms. The van der Waals surface area contributed by atoms with Gasteiger partial charge in [0.1, 0.15) is 0 Å². The average molecular weight is 318 g/mol. The Bertz CT molecular complexity index is 555. The fourth-order valence-corrected chi connectivity index (χ4v) is 2.92. The lowest BCUT2D eigenvalue weighted by molar-refractivity contribution is -0.144. The van der Waals surface area contributed by atoms with Crippen LogP contribution in [0.1, 0.15) is 38.2 Å². The maximum Gasteiger partial charge on any atom is 0.313 e. The summed E-state index contributed by atoms with van der Waals surface area (Å²) in [6.07, 6.45) is 1.95. The molecule has 1 N–H and O–H groups in total. The molecule has 1 aromatic rings. The van der Waals surface area contributed by atoms with Crippen molar-refractivity contribution in [2.24, 2.45) is 5.92 Å². The van der Waals surface area contributed by atoms with E-state index in [0.29, 0.717) is 37.2 Å². The summed E-state index contributed by atoms with van der Waals surface area (Å²) in [5, 5.41) is 2.72. The van der Waals surface area contributed by atoms with Crippen molar-refractivity contribution < 1.29 is 14.3 Å². The molecule has 1 saturated heterocycles. The smallest absolute Gasteiger partial charge is 0.313 e. The van der Waals surface area contributed by atoms with E-state index in [4.69, 9.17) is 4.74 Å². The summed E-state index contributed by atoms with van der Waals surface area (Å²) in [5.41, 5.74) is 1.80. The Hall–Kier alpha value is -1.88. The predicted octanol–water partition coefficient (Wildman–Crippen LogP) is 2.63. The zero-order valence-corrected chi connectivity index (χ0v) is 14.2. The lowest BCUT2D eigenvalue weighted by Crippen LogP contribution is -2.46. The van der Waals surface area contributed by atoms with Crippen LogP contribution >= 0.6 is 0 Å². The van der Waals surface area contributed by atoms with Gasteiger partial charge in [-0.1, -0.05) is 26.0 Å². The van der Waals surface area contributed by atoms with Gasteiger partial charge in [-0.3, -0.25) is 9.59 Å². The minimum Gasteiger partial charge on any atom is -0.384 e. The molecule has 0 unspecified atom stereocenters. The van der Waals surface area contributed by atoms with Gasteiger partial charge in [-0.25, -0.2) is 0 Å². The summed E-state index contributed by atoms with van der Waals surface area (Å²) in [4.78, 5) is 26.2. The van der Waals surface area contributed by atoms with E-state index < -0.39 is 11.8 Å². The van der Waals surface area contributed by atoms with Crippen molar-refractivity contribution in [3.63, 3.8) is 0 Å². The molecule has 2 rings (SSSR count). The minimum atomic E-state index is -0.566. The molecule has 1 atom stereocenters. The third-order valence-corrected chi connectivity index (χ3v) is 4.21. The molecule has 0 spiro atoms. The van der Waals surface area contributed by atoms with E-state index in [-0.39, 0.29) is 0 Å². The third kappa shape index (κ3) is 4.79. The van der Waals surface area contributed by atoms with Crippen LogP contribution in [0.15, 0.2) is 24.3 Å². The monoisotopic (exact) mass is 318 g/mol. The van der Waals surface area contributed by atoms with Gasteiger partial charge in [0, 0.05) is 25.9 Å². The first kappa shape index (κ1) is 17.5. The highest BCUT2D eigenvalue weighted by Gasteiger charge is 2.27. The molecular formula is C18H26N2O3. The van der Waals surface area contributed by atoms with Crippen LogP contribution in [0.4, 0.5) is 5.69 Å². The predicted molar refractivity (Wildman–Crippen MR) is 90.3 cm³/mol. The van der Waals surface area contributed by atoms with E-state index in [1.165, 1.54) is 0 Å². The Kier molecular flexibility index (Phi) is 6.16. The Morgan fingerprint density at radius 3 is 2.87 bits per heavy atom. The van der Waals surface area contributed by atoms with Crippen molar-refractivity contribution in [1.82, 2.24) is 4.90 Å². The van der Waals surface area contributed by atoms with E-state index in [1.807, 2.05) is 18.2 Å². The largest absolute Gasteiger partial charge is 0.384 e. The molecular weight excluding hydrogens is 292 g/mol. The number of hydrogen-bond donors (Lipinski definition) is 1. The van der Waals surface area contributed by atoms with E-state index >= 15 is 0 Å². The zero-order chi connectivity index (χ0) is 16.8. The van der Waals surface area contributed by atoms with Crippen molar-refractivity contribution in [3.8, 4) is 0 Å². The summed E-state index contributed by atoms with van der Waals surface area (Å²) in [7, 11) is 1.66. The van der Waals surface area contributed by atoms with Gasteiger partial charge in [0.15, 0.2) is 0 Å². The molecule has 5 nitrogen and oxygen atoms in total. The number of benzene rings is 1. The average Bonchev–Trinajstić information content (AvgIpc) is 2.55. The number of rotatable bonds is 4. The number of methoxy groups -OCH3 is 1. The standard InChI is InChI=1S/C18H26N2O3/c1-13(2)15-7-4-8-16(10-15)19-17(21)18(22)20-9-5-6-14(11-20)12-23-3/h4,7-8,10,13-14H,5-6,9,11-12H2,1-3H3,(H,19,21)/t14-/m1/s1. The summed E-state index contributed by atoms with van der Waals surface area (Å²) in [5.74, 6) is -0.334. The van der Waals surface area contributed by atoms with Crippen molar-refractivity contribution in [2.75, 3.05) is 32.1 Å². The van der Waals surface area contributed by atoms with Gasteiger partial charge in [-0.2, -0.15) is 0 Å². The second kappa shape index (κ2) is 8.11. The maximum atomic E-state index is 12.3. The van der Waals surface area contributed by atoms with Crippen molar-refractivity contribution in [3.05, 3.63) is 29.8 Å². The molecule has 0 aromatic heterocycles. The second-order valence-electron chi connectivity index (χ2n) is 6.45. The van der Waals surface area contributed by atoms with Gasteiger partial charge >= 0.3 is 11.8 Å². The molecule has 2 amide bonds. The van der Waals surface area contributed by atoms with Crippen LogP contribution < -0.4 is 5.32 Å². The van der Waals surface area contributed by atoms with Gasteiger partial charge in [-0.05, 0) is 42.4 Å². The van der Waals surface area contributed by atoms with Crippen LogP contribution in [0.5, 0.6) is 0 Å². The first-order valence-corrected chi connectivity index (χ1v) is 8.20. The van der Waals surface area contributed by atoms with Crippen molar-refractivity contribution in [1.29, 1.82) is 0 Å². The Labute approximate surface area is 138 Å². The van der Waals surface area contributed by atoms with Gasteiger partial charge in [0.05, 0.1) is 6.61 Å². The molecule has 0 saturated carbocycles. The number of ether oxygens (including phenoxy) is 1. The number of carbonyl (C=O) groups excluding carboxylic acids is 2. The fraction of sp³-hybridized carbons (Fsp3) is 0.556. The first-order chi connectivity index (χ1) is 11.0. The molecule has 5 heteroatoms. The first-order valence-electron chi connectivity index (χ1n) is 8.20. The molecule has 0 aliphatic carbocycles. The number of hydrogen-bond acceptors (Lipinski definition) is 3. The Morgan fingerprint density at radius 1 is 1.39 bits per heavy atom. The van der Waals surface area contributed by atoms with E-state index in [0.717, 1.165) is 18.4 Å². The van der Waals surface area contributed by atoms with Crippen LogP contribution in [-0.2, 0) is 14.3 Å². The van der Waals surface area contributed by atoms with Gasteiger partial charge < -0.3 is 15.0 Å². The maximum absolute atomic E-state index is 12.3. The number of nitrogens with one attached hydrogen (secondary N) is 1. The summed E-state index contributed by atoms with van der Waals surface area (Å²) < 4.78 is 5.16. The minimum absolute atomic E-state index is 0.315. The number of nitrogens with zero attached hydrogens (tertiary/aromatic N) is 1. The molecule has 1 fully saturated rings. The number of carbonyl (C=O) groups is 2. The van der Waals surface area contributed by atoms with Gasteiger partial charge in [0.2, 0.25) is 0 Å². The second-order valence-corrected chi connectivity index (χ2v) is 6.45. The van der Waals surface area contributed by atoms with E-state index in [1.54, 1.807) is 18.1 Å². The van der Waals surface area contributed by atoms with E-state index in [2.05, 4.69) is 19.2 Å². The van der Waals surface area contributed by atoms with Crippen molar-refractivity contribution >= 4 is 17.5 Å². The van der Waals surface area contributed by atoms with Crippen LogP contribution in [0.25, 0.3) is 0 Å². The van der Waals surface area contributed by atoms with Crippen LogP contribution in [-0.4, -0.2) is 43.5 Å². The zero-order valence-electron chi connectivity index (χ0n) is 14.2. The molecule has 1 heterocycles. The van der Waals surface area contributed by atoms with Crippen molar-refractivity contribution in [2.45, 2.75) is 32.6 Å². The van der Waals surface area contributed by atoms with Crippen LogP contribution in [0.2, 0.25) is 0 Å². The summed E-state index contributed by atoms with van der Waals surface area (Å²) in [6, 6.07) is 7.63. The van der Waals surface area contributed by atoms with Crippen LogP contribution in [0, 0.1) is 5.92 Å². The fourth-order valence-electron chi connectivity index (χ4n) is 2.92. The SMILES string of the molecule is COC[C@@H]1CCCN(C(=O)C(=O)Nc2cccc(C(C)C)c2)C1. The topological polar surface area (TPSA) is 58.6 Å². The highest BCUT2D eigenvalue weighted by molar-refractivity contribution is 6.39. The normalized spacial score (nSPS) is 18.1.